The predicted molar refractivity (Wildman–Crippen MR) is 70.2 cm³/mol. The van der Waals surface area contributed by atoms with Crippen molar-refractivity contribution in [3.8, 4) is 0 Å². The number of nitrogens with zero attached hydrogens (tertiary/aromatic N) is 1. The highest BCUT2D eigenvalue weighted by Gasteiger charge is 2.30. The highest BCUT2D eigenvalue weighted by atomic mass is 35.5. The molecule has 0 saturated heterocycles. The van der Waals surface area contributed by atoms with Gasteiger partial charge in [0.2, 0.25) is 5.82 Å². The molecule has 1 amide bonds. The first-order chi connectivity index (χ1) is 9.79. The molecule has 0 radical (unpaired) electrons. The van der Waals surface area contributed by atoms with E-state index in [1.54, 1.807) is 0 Å². The number of amides is 1. The Morgan fingerprint density at radius 2 is 2.24 bits per heavy atom. The topological polar surface area (TPSA) is 119 Å². The van der Waals surface area contributed by atoms with E-state index in [0.29, 0.717) is 6.07 Å². The highest BCUT2D eigenvalue weighted by Crippen LogP contribution is 2.36. The van der Waals surface area contributed by atoms with Crippen LogP contribution in [0.1, 0.15) is 10.4 Å². The summed E-state index contributed by atoms with van der Waals surface area (Å²) in [7, 11) is 0. The van der Waals surface area contributed by atoms with Crippen molar-refractivity contribution in [2.24, 2.45) is 0 Å². The number of carboxylic acids is 1. The monoisotopic (exact) mass is 318 g/mol. The van der Waals surface area contributed by atoms with Gasteiger partial charge in [0.05, 0.1) is 15.5 Å². The van der Waals surface area contributed by atoms with Crippen LogP contribution in [-0.2, 0) is 4.74 Å². The second-order valence-corrected chi connectivity index (χ2v) is 3.93. The molecule has 0 fully saturated rings. The zero-order valence-electron chi connectivity index (χ0n) is 10.3. The van der Waals surface area contributed by atoms with Gasteiger partial charge in [0.15, 0.2) is 0 Å². The molecule has 0 spiro atoms. The first-order valence-electron chi connectivity index (χ1n) is 5.24. The van der Waals surface area contributed by atoms with Gasteiger partial charge in [0, 0.05) is 0 Å². The molecule has 0 aliphatic heterocycles. The van der Waals surface area contributed by atoms with Gasteiger partial charge in [-0.15, -0.1) is 0 Å². The van der Waals surface area contributed by atoms with Crippen molar-refractivity contribution in [2.45, 2.75) is 0 Å². The molecule has 112 valence electrons. The van der Waals surface area contributed by atoms with Gasteiger partial charge in [0.1, 0.15) is 12.3 Å². The van der Waals surface area contributed by atoms with Gasteiger partial charge in [0.25, 0.3) is 0 Å². The van der Waals surface area contributed by atoms with Gasteiger partial charge in [-0.05, 0) is 6.07 Å². The van der Waals surface area contributed by atoms with E-state index in [0.717, 1.165) is 0 Å². The number of halogens is 2. The number of hydrogen-bond donors (Lipinski definition) is 2. The van der Waals surface area contributed by atoms with E-state index >= 15 is 0 Å². The molecule has 0 aliphatic carbocycles. The summed E-state index contributed by atoms with van der Waals surface area (Å²) in [6.07, 6.45) is 0.0105. The molecule has 2 N–H and O–H groups in total. The van der Waals surface area contributed by atoms with E-state index in [1.807, 2.05) is 5.32 Å². The number of anilines is 1. The lowest BCUT2D eigenvalue weighted by molar-refractivity contribution is -0.386. The van der Waals surface area contributed by atoms with Crippen LogP contribution in [0, 0.1) is 15.9 Å². The van der Waals surface area contributed by atoms with Crippen molar-refractivity contribution in [1.29, 1.82) is 0 Å². The minimum absolute atomic E-state index is 0.224. The van der Waals surface area contributed by atoms with Crippen molar-refractivity contribution in [2.75, 3.05) is 11.9 Å². The number of aromatic carboxylic acids is 1. The van der Waals surface area contributed by atoms with Gasteiger partial charge in [-0.1, -0.05) is 24.3 Å². The van der Waals surface area contributed by atoms with Gasteiger partial charge in [-0.2, -0.15) is 4.39 Å². The first-order valence-corrected chi connectivity index (χ1v) is 5.61. The normalized spacial score (nSPS) is 9.81. The van der Waals surface area contributed by atoms with Crippen molar-refractivity contribution in [3.05, 3.63) is 45.2 Å². The quantitative estimate of drug-likeness (QED) is 0.489. The number of nitro benzene ring substituents is 1. The van der Waals surface area contributed by atoms with Crippen molar-refractivity contribution >= 4 is 35.0 Å². The summed E-state index contributed by atoms with van der Waals surface area (Å²) in [4.78, 5) is 32.1. The number of nitro groups is 1. The fourth-order valence-electron chi connectivity index (χ4n) is 1.35. The summed E-state index contributed by atoms with van der Waals surface area (Å²) in [5.41, 5.74) is -2.87. The summed E-state index contributed by atoms with van der Waals surface area (Å²) in [5.74, 6) is -3.11. The molecule has 8 nitrogen and oxygen atoms in total. The Bertz CT molecular complexity index is 634. The first kappa shape index (κ1) is 16.4. The second kappa shape index (κ2) is 6.66. The molecule has 0 saturated carbocycles. The molecule has 10 heteroatoms. The van der Waals surface area contributed by atoms with Crippen LogP contribution in [0.4, 0.5) is 20.6 Å². The third kappa shape index (κ3) is 3.66. The number of benzene rings is 1. The SMILES string of the molecule is C=CCOC(=O)Nc1c(C(=O)O)cc(Cl)c(F)c1[N+](=O)[O-]. The van der Waals surface area contributed by atoms with Crippen LogP contribution in [-0.4, -0.2) is 28.7 Å². The summed E-state index contributed by atoms with van der Waals surface area (Å²) in [6.45, 7) is 3.05. The Hall–Kier alpha value is -2.68. The molecule has 0 atom stereocenters. The van der Waals surface area contributed by atoms with Crippen LogP contribution in [0.15, 0.2) is 18.7 Å². The van der Waals surface area contributed by atoms with E-state index in [2.05, 4.69) is 11.3 Å². The van der Waals surface area contributed by atoms with Crippen LogP contribution < -0.4 is 5.32 Å². The van der Waals surface area contributed by atoms with Gasteiger partial charge < -0.3 is 9.84 Å². The largest absolute Gasteiger partial charge is 0.478 e. The summed E-state index contributed by atoms with van der Waals surface area (Å²) < 4.78 is 18.2. The summed E-state index contributed by atoms with van der Waals surface area (Å²) in [5, 5.41) is 20.9. The summed E-state index contributed by atoms with van der Waals surface area (Å²) in [6, 6.07) is 0.648. The maximum absolute atomic E-state index is 13.7. The van der Waals surface area contributed by atoms with E-state index in [1.165, 1.54) is 6.08 Å². The number of hydrogen-bond acceptors (Lipinski definition) is 5. The molecular weight excluding hydrogens is 311 g/mol. The molecule has 21 heavy (non-hydrogen) atoms. The number of carboxylic acid groups (broad SMARTS) is 1. The zero-order valence-corrected chi connectivity index (χ0v) is 11.0. The van der Waals surface area contributed by atoms with E-state index < -0.39 is 44.8 Å². The van der Waals surface area contributed by atoms with E-state index in [9.17, 15) is 24.1 Å². The second-order valence-electron chi connectivity index (χ2n) is 3.52. The minimum atomic E-state index is -1.64. The van der Waals surface area contributed by atoms with Crippen molar-refractivity contribution in [1.82, 2.24) is 0 Å². The highest BCUT2D eigenvalue weighted by molar-refractivity contribution is 6.31. The molecule has 1 aromatic rings. The van der Waals surface area contributed by atoms with Gasteiger partial charge in [-0.25, -0.2) is 9.59 Å². The van der Waals surface area contributed by atoms with Crippen molar-refractivity contribution < 1.29 is 28.7 Å². The Labute approximate surface area is 121 Å². The lowest BCUT2D eigenvalue weighted by Gasteiger charge is -2.10. The number of carbonyl (C=O) groups excluding carboxylic acids is 1. The van der Waals surface area contributed by atoms with Crippen LogP contribution in [0.3, 0.4) is 0 Å². The molecule has 0 aliphatic rings. The number of nitrogens with one attached hydrogen (secondary N) is 1. The van der Waals surface area contributed by atoms with Gasteiger partial charge >= 0.3 is 17.7 Å². The van der Waals surface area contributed by atoms with E-state index in [-0.39, 0.29) is 6.61 Å². The van der Waals surface area contributed by atoms with E-state index in [4.69, 9.17) is 16.7 Å². The Kier molecular flexibility index (Phi) is 5.19. The number of ether oxygens (including phenoxy) is 1. The Balaban J connectivity index is 3.41. The maximum atomic E-state index is 13.7. The Morgan fingerprint density at radius 1 is 1.62 bits per heavy atom. The molecule has 0 aromatic heterocycles. The lowest BCUT2D eigenvalue weighted by Crippen LogP contribution is -2.18. The van der Waals surface area contributed by atoms with Crippen molar-refractivity contribution in [3.63, 3.8) is 0 Å². The fraction of sp³-hybridized carbons (Fsp3) is 0.0909. The zero-order chi connectivity index (χ0) is 16.2. The fourth-order valence-corrected chi connectivity index (χ4v) is 1.55. The Morgan fingerprint density at radius 3 is 2.71 bits per heavy atom. The van der Waals surface area contributed by atoms with Crippen LogP contribution >= 0.6 is 11.6 Å². The maximum Gasteiger partial charge on any atom is 0.412 e. The molecule has 0 unspecified atom stereocenters. The average molecular weight is 319 g/mol. The predicted octanol–water partition coefficient (Wildman–Crippen LogP) is 2.82. The number of rotatable bonds is 5. The lowest BCUT2D eigenvalue weighted by atomic mass is 10.1. The minimum Gasteiger partial charge on any atom is -0.478 e. The summed E-state index contributed by atoms with van der Waals surface area (Å²) >= 11 is 5.40. The third-order valence-electron chi connectivity index (χ3n) is 2.17. The smallest absolute Gasteiger partial charge is 0.412 e. The van der Waals surface area contributed by atoms with Gasteiger partial charge in [-0.3, -0.25) is 15.4 Å². The molecule has 1 rings (SSSR count). The molecule has 0 heterocycles. The van der Waals surface area contributed by atoms with Crippen LogP contribution in [0.2, 0.25) is 5.02 Å². The number of carbonyl (C=O) groups is 2. The molecular formula is C11H8ClFN2O6. The standard InChI is InChI=1S/C11H8ClFN2O6/c1-2-3-21-11(18)14-8-5(10(16)17)4-6(12)7(13)9(8)15(19)20/h2,4H,1,3H2,(H,14,18)(H,16,17). The molecule has 0 bridgehead atoms. The third-order valence-corrected chi connectivity index (χ3v) is 2.44. The van der Waals surface area contributed by atoms with Crippen LogP contribution in [0.5, 0.6) is 0 Å². The average Bonchev–Trinajstić information content (AvgIpc) is 2.39. The van der Waals surface area contributed by atoms with Crippen LogP contribution in [0.25, 0.3) is 0 Å². The molecule has 1 aromatic carbocycles.